The van der Waals surface area contributed by atoms with E-state index in [0.717, 1.165) is 46.8 Å². The molecule has 1 aliphatic rings. The van der Waals surface area contributed by atoms with E-state index >= 15 is 0 Å². The van der Waals surface area contributed by atoms with Gasteiger partial charge in [-0.05, 0) is 67.1 Å². The van der Waals surface area contributed by atoms with E-state index in [9.17, 15) is 4.79 Å². The monoisotopic (exact) mass is 403 g/mol. The Morgan fingerprint density at radius 1 is 1.07 bits per heavy atom. The normalized spacial score (nSPS) is 13.1. The summed E-state index contributed by atoms with van der Waals surface area (Å²) in [5.74, 6) is 1.86. The zero-order chi connectivity index (χ0) is 20.3. The van der Waals surface area contributed by atoms with E-state index in [1.807, 2.05) is 36.1 Å². The van der Waals surface area contributed by atoms with Gasteiger partial charge in [-0.3, -0.25) is 4.79 Å². The van der Waals surface area contributed by atoms with Gasteiger partial charge in [0.2, 0.25) is 11.7 Å². The van der Waals surface area contributed by atoms with Crippen molar-refractivity contribution in [2.75, 3.05) is 32.8 Å². The first-order valence-electron chi connectivity index (χ1n) is 9.36. The van der Waals surface area contributed by atoms with Crippen molar-refractivity contribution in [3.63, 3.8) is 0 Å². The van der Waals surface area contributed by atoms with Crippen molar-refractivity contribution in [2.24, 2.45) is 0 Å². The maximum absolute atomic E-state index is 13.0. The zero-order valence-corrected chi connectivity index (χ0v) is 17.6. The predicted molar refractivity (Wildman–Crippen MR) is 111 cm³/mol. The molecule has 0 saturated carbocycles. The summed E-state index contributed by atoms with van der Waals surface area (Å²) in [5.41, 5.74) is 4.18. The summed E-state index contributed by atoms with van der Waals surface area (Å²) in [6.07, 6.45) is 2.89. The molecule has 6 heteroatoms. The Labute approximate surface area is 171 Å². The Hall–Kier alpha value is -2.40. The van der Waals surface area contributed by atoms with Crippen LogP contribution in [0, 0.1) is 6.92 Å². The fourth-order valence-electron chi connectivity index (χ4n) is 3.84. The fourth-order valence-corrected chi connectivity index (χ4v) is 4.13. The molecule has 5 nitrogen and oxygen atoms in total. The maximum Gasteiger partial charge on any atom is 0.227 e. The van der Waals surface area contributed by atoms with E-state index in [-0.39, 0.29) is 5.91 Å². The quantitative estimate of drug-likeness (QED) is 0.708. The molecule has 0 spiro atoms. The van der Waals surface area contributed by atoms with Crippen LogP contribution in [0.25, 0.3) is 0 Å². The Balaban J connectivity index is 1.79. The van der Waals surface area contributed by atoms with E-state index in [4.69, 9.17) is 25.8 Å². The van der Waals surface area contributed by atoms with Crippen LogP contribution in [0.15, 0.2) is 24.3 Å². The van der Waals surface area contributed by atoms with Crippen LogP contribution in [-0.4, -0.2) is 33.8 Å². The van der Waals surface area contributed by atoms with Gasteiger partial charge in [0.05, 0.1) is 21.3 Å². The first-order valence-corrected chi connectivity index (χ1v) is 9.74. The smallest absolute Gasteiger partial charge is 0.227 e. The van der Waals surface area contributed by atoms with Gasteiger partial charge < -0.3 is 19.1 Å². The average Bonchev–Trinajstić information content (AvgIpc) is 2.70. The van der Waals surface area contributed by atoms with Crippen molar-refractivity contribution in [1.82, 2.24) is 0 Å². The first-order chi connectivity index (χ1) is 13.5. The van der Waals surface area contributed by atoms with Crippen LogP contribution in [0.4, 0.5) is 5.69 Å². The van der Waals surface area contributed by atoms with Gasteiger partial charge in [-0.25, -0.2) is 0 Å². The number of ether oxygens (including phenoxy) is 3. The zero-order valence-electron chi connectivity index (χ0n) is 16.8. The Bertz CT molecular complexity index is 856. The van der Waals surface area contributed by atoms with Gasteiger partial charge in [0.15, 0.2) is 11.5 Å². The standard InChI is InChI=1S/C22H26ClNO4/c1-14-10-17(23)13-16-6-5-9-24(21(14)16)20(25)8-7-15-11-18(26-2)22(28-4)19(12-15)27-3/h10-13H,5-9H2,1-4H3. The van der Waals surface area contributed by atoms with Crippen molar-refractivity contribution in [3.05, 3.63) is 46.0 Å². The molecule has 2 aromatic rings. The summed E-state index contributed by atoms with van der Waals surface area (Å²) in [7, 11) is 4.75. The number of halogens is 1. The molecule has 28 heavy (non-hydrogen) atoms. The number of carbonyl (C=O) groups excluding carboxylic acids is 1. The molecule has 2 aromatic carbocycles. The van der Waals surface area contributed by atoms with Gasteiger partial charge in [0.25, 0.3) is 0 Å². The highest BCUT2D eigenvalue weighted by molar-refractivity contribution is 6.30. The molecule has 0 saturated heterocycles. The molecular weight excluding hydrogens is 378 g/mol. The van der Waals surface area contributed by atoms with Gasteiger partial charge in [0.1, 0.15) is 0 Å². The van der Waals surface area contributed by atoms with Crippen LogP contribution in [0.3, 0.4) is 0 Å². The summed E-state index contributed by atoms with van der Waals surface area (Å²) in [5, 5.41) is 0.725. The summed E-state index contributed by atoms with van der Waals surface area (Å²) in [4.78, 5) is 14.9. The molecule has 0 atom stereocenters. The number of benzene rings is 2. The molecule has 0 radical (unpaired) electrons. The largest absolute Gasteiger partial charge is 0.493 e. The lowest BCUT2D eigenvalue weighted by molar-refractivity contribution is -0.118. The van der Waals surface area contributed by atoms with Crippen molar-refractivity contribution >= 4 is 23.2 Å². The molecule has 150 valence electrons. The van der Waals surface area contributed by atoms with E-state index in [2.05, 4.69) is 0 Å². The molecular formula is C22H26ClNO4. The Kier molecular flexibility index (Phi) is 6.35. The number of carbonyl (C=O) groups is 1. The topological polar surface area (TPSA) is 48.0 Å². The van der Waals surface area contributed by atoms with Crippen LogP contribution in [0.2, 0.25) is 5.02 Å². The number of amides is 1. The molecule has 0 unspecified atom stereocenters. The van der Waals surface area contributed by atoms with Crippen LogP contribution in [0.1, 0.15) is 29.5 Å². The highest BCUT2D eigenvalue weighted by Gasteiger charge is 2.24. The number of rotatable bonds is 6. The van der Waals surface area contributed by atoms with Crippen molar-refractivity contribution in [2.45, 2.75) is 32.6 Å². The number of hydrogen-bond donors (Lipinski definition) is 0. The third kappa shape index (κ3) is 4.04. The highest BCUT2D eigenvalue weighted by Crippen LogP contribution is 2.39. The third-order valence-corrected chi connectivity index (χ3v) is 5.31. The van der Waals surface area contributed by atoms with E-state index in [1.54, 1.807) is 21.3 Å². The highest BCUT2D eigenvalue weighted by atomic mass is 35.5. The summed E-state index contributed by atoms with van der Waals surface area (Å²) in [6, 6.07) is 7.68. The second-order valence-corrected chi connectivity index (χ2v) is 7.35. The van der Waals surface area contributed by atoms with E-state index in [0.29, 0.717) is 30.1 Å². The van der Waals surface area contributed by atoms with Gasteiger partial charge in [0, 0.05) is 23.7 Å². The first kappa shape index (κ1) is 20.3. The minimum absolute atomic E-state index is 0.111. The van der Waals surface area contributed by atoms with Crippen LogP contribution >= 0.6 is 11.6 Å². The summed E-state index contributed by atoms with van der Waals surface area (Å²) in [6.45, 7) is 2.75. The van der Waals surface area contributed by atoms with E-state index < -0.39 is 0 Å². The van der Waals surface area contributed by atoms with Crippen LogP contribution < -0.4 is 19.1 Å². The van der Waals surface area contributed by atoms with Gasteiger partial charge in [-0.2, -0.15) is 0 Å². The van der Waals surface area contributed by atoms with Crippen molar-refractivity contribution in [3.8, 4) is 17.2 Å². The minimum atomic E-state index is 0.111. The molecule has 0 bridgehead atoms. The molecule has 0 aromatic heterocycles. The molecule has 0 fully saturated rings. The fraction of sp³-hybridized carbons (Fsp3) is 0.409. The second-order valence-electron chi connectivity index (χ2n) is 6.91. The minimum Gasteiger partial charge on any atom is -0.493 e. The summed E-state index contributed by atoms with van der Waals surface area (Å²) >= 11 is 6.19. The van der Waals surface area contributed by atoms with Crippen LogP contribution in [-0.2, 0) is 17.6 Å². The molecule has 1 aliphatic heterocycles. The molecule has 0 aliphatic carbocycles. The molecule has 1 heterocycles. The van der Waals surface area contributed by atoms with E-state index in [1.165, 1.54) is 0 Å². The number of anilines is 1. The van der Waals surface area contributed by atoms with Crippen molar-refractivity contribution in [1.29, 1.82) is 0 Å². The molecule has 3 rings (SSSR count). The maximum atomic E-state index is 13.0. The summed E-state index contributed by atoms with van der Waals surface area (Å²) < 4.78 is 16.2. The SMILES string of the molecule is COc1cc(CCC(=O)N2CCCc3cc(Cl)cc(C)c32)cc(OC)c1OC. The van der Waals surface area contributed by atoms with Gasteiger partial charge >= 0.3 is 0 Å². The molecule has 1 amide bonds. The van der Waals surface area contributed by atoms with Gasteiger partial charge in [-0.15, -0.1) is 0 Å². The number of aryl methyl sites for hydroxylation is 3. The Morgan fingerprint density at radius 3 is 2.36 bits per heavy atom. The second kappa shape index (κ2) is 8.74. The predicted octanol–water partition coefficient (Wildman–Crippen LogP) is 4.59. The number of methoxy groups -OCH3 is 3. The number of nitrogens with zero attached hydrogens (tertiary/aromatic N) is 1. The lowest BCUT2D eigenvalue weighted by Crippen LogP contribution is -2.36. The third-order valence-electron chi connectivity index (χ3n) is 5.10. The number of hydrogen-bond acceptors (Lipinski definition) is 4. The lowest BCUT2D eigenvalue weighted by Gasteiger charge is -2.31. The Morgan fingerprint density at radius 2 is 1.75 bits per heavy atom. The number of fused-ring (bicyclic) bond motifs is 1. The van der Waals surface area contributed by atoms with Gasteiger partial charge in [-0.1, -0.05) is 11.6 Å². The lowest BCUT2D eigenvalue weighted by atomic mass is 9.97. The van der Waals surface area contributed by atoms with Crippen LogP contribution in [0.5, 0.6) is 17.2 Å². The van der Waals surface area contributed by atoms with Crippen molar-refractivity contribution < 1.29 is 19.0 Å². The average molecular weight is 404 g/mol. The molecule has 0 N–H and O–H groups in total.